The Hall–Kier alpha value is -3.35. The van der Waals surface area contributed by atoms with Crippen LogP contribution in [0.1, 0.15) is 11.1 Å². The van der Waals surface area contributed by atoms with Crippen molar-refractivity contribution in [2.75, 3.05) is 20.7 Å². The third-order valence-corrected chi connectivity index (χ3v) is 4.00. The van der Waals surface area contributed by atoms with Crippen LogP contribution in [0, 0.1) is 0 Å². The van der Waals surface area contributed by atoms with Gasteiger partial charge in [-0.15, -0.1) is 0 Å². The average Bonchev–Trinajstić information content (AvgIpc) is 2.72. The summed E-state index contributed by atoms with van der Waals surface area (Å²) in [6.45, 7) is -0.125. The van der Waals surface area contributed by atoms with Gasteiger partial charge >= 0.3 is 12.1 Å². The van der Waals surface area contributed by atoms with Crippen LogP contribution >= 0.6 is 0 Å². The lowest BCUT2D eigenvalue weighted by atomic mass is 10.1. The van der Waals surface area contributed by atoms with Crippen LogP contribution in [0.2, 0.25) is 0 Å². The molecule has 1 unspecified atom stereocenters. The second-order valence-electron chi connectivity index (χ2n) is 6.23. The second-order valence-corrected chi connectivity index (χ2v) is 6.23. The lowest BCUT2D eigenvalue weighted by molar-refractivity contribution is -0.145. The van der Waals surface area contributed by atoms with Gasteiger partial charge in [-0.3, -0.25) is 4.79 Å². The van der Waals surface area contributed by atoms with E-state index in [9.17, 15) is 14.4 Å². The first-order valence-corrected chi connectivity index (χ1v) is 8.82. The second kappa shape index (κ2) is 10.7. The Morgan fingerprint density at radius 2 is 1.54 bits per heavy atom. The molecule has 0 radical (unpaired) electrons. The summed E-state index contributed by atoms with van der Waals surface area (Å²) in [6, 6.07) is 17.7. The molecule has 7 heteroatoms. The monoisotopic (exact) mass is 384 g/mol. The van der Waals surface area contributed by atoms with Crippen LogP contribution < -0.4 is 5.32 Å². The number of benzene rings is 2. The quantitative estimate of drug-likeness (QED) is 0.705. The Kier molecular flexibility index (Phi) is 8.02. The molecule has 0 saturated heterocycles. The zero-order valence-corrected chi connectivity index (χ0v) is 16.0. The van der Waals surface area contributed by atoms with Gasteiger partial charge < -0.3 is 19.7 Å². The van der Waals surface area contributed by atoms with Crippen molar-refractivity contribution in [3.8, 4) is 0 Å². The number of likely N-dealkylation sites (N-methyl/N-ethyl adjacent to an activating group) is 1. The minimum atomic E-state index is -0.839. The summed E-state index contributed by atoms with van der Waals surface area (Å²) in [6.07, 6.45) is -0.335. The molecule has 0 aliphatic heterocycles. The zero-order valence-electron chi connectivity index (χ0n) is 16.0. The highest BCUT2D eigenvalue weighted by atomic mass is 16.6. The molecule has 148 valence electrons. The van der Waals surface area contributed by atoms with Gasteiger partial charge in [0, 0.05) is 13.5 Å². The molecule has 0 heterocycles. The van der Waals surface area contributed by atoms with Gasteiger partial charge in [0.25, 0.3) is 0 Å². The van der Waals surface area contributed by atoms with Crippen LogP contribution in [-0.4, -0.2) is 49.6 Å². The number of esters is 1. The topological polar surface area (TPSA) is 84.9 Å². The minimum absolute atomic E-state index is 0.116. The molecule has 2 aromatic carbocycles. The van der Waals surface area contributed by atoms with Gasteiger partial charge in [-0.2, -0.15) is 0 Å². The molecular weight excluding hydrogens is 360 g/mol. The SMILES string of the molecule is COC(=O)C(Cc1ccccc1)NC(=O)CN(C)C(=O)OCc1ccccc1. The number of carbonyl (C=O) groups is 3. The first-order chi connectivity index (χ1) is 13.5. The molecule has 0 aliphatic carbocycles. The Morgan fingerprint density at radius 1 is 0.964 bits per heavy atom. The number of nitrogens with zero attached hydrogens (tertiary/aromatic N) is 1. The zero-order chi connectivity index (χ0) is 20.4. The van der Waals surface area contributed by atoms with Crippen molar-refractivity contribution >= 4 is 18.0 Å². The number of amides is 2. The van der Waals surface area contributed by atoms with Gasteiger partial charge in [-0.1, -0.05) is 60.7 Å². The highest BCUT2D eigenvalue weighted by molar-refractivity contribution is 5.87. The third-order valence-electron chi connectivity index (χ3n) is 4.00. The van der Waals surface area contributed by atoms with E-state index in [1.165, 1.54) is 14.2 Å². The Bertz CT molecular complexity index is 780. The maximum Gasteiger partial charge on any atom is 0.410 e. The first kappa shape index (κ1) is 21.0. The summed E-state index contributed by atoms with van der Waals surface area (Å²) in [5.41, 5.74) is 1.73. The summed E-state index contributed by atoms with van der Waals surface area (Å²) >= 11 is 0. The van der Waals surface area contributed by atoms with E-state index in [1.807, 2.05) is 60.7 Å². The fourth-order valence-electron chi connectivity index (χ4n) is 2.53. The molecule has 28 heavy (non-hydrogen) atoms. The van der Waals surface area contributed by atoms with E-state index in [0.29, 0.717) is 6.42 Å². The molecule has 2 aromatic rings. The van der Waals surface area contributed by atoms with Crippen LogP contribution in [0.3, 0.4) is 0 Å². The maximum absolute atomic E-state index is 12.3. The summed E-state index contributed by atoms with van der Waals surface area (Å²) in [5.74, 6) is -1.03. The van der Waals surface area contributed by atoms with Gasteiger partial charge in [0.2, 0.25) is 5.91 Å². The highest BCUT2D eigenvalue weighted by Crippen LogP contribution is 2.05. The van der Waals surface area contributed by atoms with E-state index in [2.05, 4.69) is 5.32 Å². The van der Waals surface area contributed by atoms with Crippen molar-refractivity contribution in [2.24, 2.45) is 0 Å². The molecule has 1 atom stereocenters. The predicted molar refractivity (Wildman–Crippen MR) is 103 cm³/mol. The van der Waals surface area contributed by atoms with Crippen molar-refractivity contribution in [3.63, 3.8) is 0 Å². The fraction of sp³-hybridized carbons (Fsp3) is 0.286. The molecule has 2 amide bonds. The van der Waals surface area contributed by atoms with Crippen LogP contribution in [-0.2, 0) is 32.1 Å². The Balaban J connectivity index is 1.86. The van der Waals surface area contributed by atoms with Crippen molar-refractivity contribution < 1.29 is 23.9 Å². The normalized spacial score (nSPS) is 11.2. The first-order valence-electron chi connectivity index (χ1n) is 8.82. The molecule has 0 bridgehead atoms. The van der Waals surface area contributed by atoms with Gasteiger partial charge in [0.05, 0.1) is 7.11 Å². The molecule has 0 spiro atoms. The number of rotatable bonds is 8. The molecule has 0 aromatic heterocycles. The average molecular weight is 384 g/mol. The minimum Gasteiger partial charge on any atom is -0.467 e. The van der Waals surface area contributed by atoms with Gasteiger partial charge in [0.1, 0.15) is 19.2 Å². The lowest BCUT2D eigenvalue weighted by Crippen LogP contribution is -2.47. The van der Waals surface area contributed by atoms with Gasteiger partial charge in [-0.05, 0) is 11.1 Å². The number of ether oxygens (including phenoxy) is 2. The lowest BCUT2D eigenvalue weighted by Gasteiger charge is -2.20. The van der Waals surface area contributed by atoms with Crippen LogP contribution in [0.15, 0.2) is 60.7 Å². The van der Waals surface area contributed by atoms with E-state index in [1.54, 1.807) is 0 Å². The van der Waals surface area contributed by atoms with Crippen LogP contribution in [0.5, 0.6) is 0 Å². The molecular formula is C21H24N2O5. The third kappa shape index (κ3) is 6.75. The largest absolute Gasteiger partial charge is 0.467 e. The summed E-state index contributed by atoms with van der Waals surface area (Å²) in [5, 5.41) is 2.61. The van der Waals surface area contributed by atoms with E-state index in [0.717, 1.165) is 16.0 Å². The summed E-state index contributed by atoms with van der Waals surface area (Å²) in [4.78, 5) is 37.5. The van der Waals surface area contributed by atoms with Gasteiger partial charge in [-0.25, -0.2) is 9.59 Å². The van der Waals surface area contributed by atoms with Gasteiger partial charge in [0.15, 0.2) is 0 Å². The molecule has 0 saturated carbocycles. The standard InChI is InChI=1S/C21H24N2O5/c1-23(21(26)28-15-17-11-7-4-8-12-17)14-19(24)22-18(20(25)27-2)13-16-9-5-3-6-10-16/h3-12,18H,13-15H2,1-2H3,(H,22,24). The number of hydrogen-bond donors (Lipinski definition) is 1. The van der Waals surface area contributed by atoms with E-state index >= 15 is 0 Å². The van der Waals surface area contributed by atoms with Crippen LogP contribution in [0.25, 0.3) is 0 Å². The molecule has 1 N–H and O–H groups in total. The molecule has 7 nitrogen and oxygen atoms in total. The van der Waals surface area contributed by atoms with Crippen LogP contribution in [0.4, 0.5) is 4.79 Å². The Morgan fingerprint density at radius 3 is 2.11 bits per heavy atom. The maximum atomic E-state index is 12.3. The van der Waals surface area contributed by atoms with Crippen molar-refractivity contribution in [1.29, 1.82) is 0 Å². The molecule has 0 fully saturated rings. The Labute approximate surface area is 164 Å². The van der Waals surface area contributed by atoms with E-state index in [-0.39, 0.29) is 13.2 Å². The predicted octanol–water partition coefficient (Wildman–Crippen LogP) is 2.16. The number of nitrogens with one attached hydrogen (secondary N) is 1. The highest BCUT2D eigenvalue weighted by Gasteiger charge is 2.23. The fourth-order valence-corrected chi connectivity index (χ4v) is 2.53. The summed E-state index contributed by atoms with van der Waals surface area (Å²) in [7, 11) is 2.72. The molecule has 0 aliphatic rings. The van der Waals surface area contributed by atoms with Crippen molar-refractivity contribution in [2.45, 2.75) is 19.1 Å². The van der Waals surface area contributed by atoms with E-state index in [4.69, 9.17) is 9.47 Å². The number of hydrogen-bond acceptors (Lipinski definition) is 5. The van der Waals surface area contributed by atoms with Crippen molar-refractivity contribution in [1.82, 2.24) is 10.2 Å². The molecule has 2 rings (SSSR count). The smallest absolute Gasteiger partial charge is 0.410 e. The number of methoxy groups -OCH3 is 1. The van der Waals surface area contributed by atoms with E-state index < -0.39 is 24.0 Å². The number of carbonyl (C=O) groups excluding carboxylic acids is 3. The summed E-state index contributed by atoms with van der Waals surface area (Å²) < 4.78 is 9.94. The van der Waals surface area contributed by atoms with Crippen molar-refractivity contribution in [3.05, 3.63) is 71.8 Å².